The van der Waals surface area contributed by atoms with Gasteiger partial charge in [-0.05, 0) is 54.8 Å². The highest BCUT2D eigenvalue weighted by atomic mass is 35.5. The molecule has 0 bridgehead atoms. The minimum Gasteiger partial charge on any atom is -0.493 e. The summed E-state index contributed by atoms with van der Waals surface area (Å²) in [7, 11) is 0. The van der Waals surface area contributed by atoms with Gasteiger partial charge in [-0.2, -0.15) is 5.10 Å². The zero-order valence-corrected chi connectivity index (χ0v) is 20.0. The summed E-state index contributed by atoms with van der Waals surface area (Å²) in [6.45, 7) is 5.61. The van der Waals surface area contributed by atoms with Crippen LogP contribution < -0.4 is 10.1 Å². The van der Waals surface area contributed by atoms with Gasteiger partial charge in [0.2, 0.25) is 0 Å². The number of amides is 1. The molecule has 0 aliphatic carbocycles. The van der Waals surface area contributed by atoms with Gasteiger partial charge in [-0.25, -0.2) is 0 Å². The second-order valence-electron chi connectivity index (χ2n) is 8.10. The van der Waals surface area contributed by atoms with Crippen LogP contribution in [0.1, 0.15) is 34.8 Å². The smallest absolute Gasteiger partial charge is 0.306 e. The number of carbonyl (C=O) groups is 2. The van der Waals surface area contributed by atoms with Crippen LogP contribution >= 0.6 is 12.4 Å². The number of morpholine rings is 1. The standard InChI is InChI=1S/C25H29N3O5.ClH/c1-2-32-24(29)14-19-13-21-15-22(7-8-23(21)33-17-19)27-25(30)20-5-3-18(4-6-20)16-26-28-9-11-31-12-10-28;/h3-8,15-16,19H,2,9-14,17H2,1H3,(H,27,30);1H/b26-16+;. The van der Waals surface area contributed by atoms with Gasteiger partial charge < -0.3 is 19.5 Å². The van der Waals surface area contributed by atoms with Crippen LogP contribution in [0.25, 0.3) is 0 Å². The Hall–Kier alpha value is -3.10. The summed E-state index contributed by atoms with van der Waals surface area (Å²) in [5.74, 6) is 0.454. The molecule has 1 fully saturated rings. The number of halogens is 1. The average Bonchev–Trinajstić information content (AvgIpc) is 2.83. The molecule has 2 heterocycles. The van der Waals surface area contributed by atoms with E-state index in [0.717, 1.165) is 30.0 Å². The number of rotatable bonds is 7. The maximum absolute atomic E-state index is 12.7. The van der Waals surface area contributed by atoms with Crippen molar-refractivity contribution < 1.29 is 23.8 Å². The first-order valence-electron chi connectivity index (χ1n) is 11.3. The molecule has 182 valence electrons. The van der Waals surface area contributed by atoms with Crippen LogP contribution in [0, 0.1) is 5.92 Å². The number of ether oxygens (including phenoxy) is 3. The largest absolute Gasteiger partial charge is 0.493 e. The van der Waals surface area contributed by atoms with Crippen molar-refractivity contribution in [3.63, 3.8) is 0 Å². The number of nitrogens with zero attached hydrogens (tertiary/aromatic N) is 2. The molecule has 2 aromatic rings. The highest BCUT2D eigenvalue weighted by Gasteiger charge is 2.23. The van der Waals surface area contributed by atoms with E-state index >= 15 is 0 Å². The molecule has 34 heavy (non-hydrogen) atoms. The number of anilines is 1. The minimum atomic E-state index is -0.211. The van der Waals surface area contributed by atoms with Crippen molar-refractivity contribution in [2.45, 2.75) is 19.8 Å². The average molecular weight is 488 g/mol. The van der Waals surface area contributed by atoms with E-state index in [4.69, 9.17) is 14.2 Å². The highest BCUT2D eigenvalue weighted by molar-refractivity contribution is 6.04. The van der Waals surface area contributed by atoms with Crippen molar-refractivity contribution >= 4 is 36.2 Å². The molecule has 4 rings (SSSR count). The first-order valence-corrected chi connectivity index (χ1v) is 11.3. The summed E-state index contributed by atoms with van der Waals surface area (Å²) in [5, 5.41) is 9.38. The van der Waals surface area contributed by atoms with Crippen molar-refractivity contribution in [3.8, 4) is 5.75 Å². The molecule has 9 heteroatoms. The Morgan fingerprint density at radius 1 is 1.18 bits per heavy atom. The molecule has 2 aromatic carbocycles. The number of hydrogen-bond donors (Lipinski definition) is 1. The molecule has 8 nitrogen and oxygen atoms in total. The summed E-state index contributed by atoms with van der Waals surface area (Å²) in [6, 6.07) is 12.9. The number of nitrogens with one attached hydrogen (secondary N) is 1. The van der Waals surface area contributed by atoms with Gasteiger partial charge in [-0.3, -0.25) is 14.6 Å². The molecule has 1 saturated heterocycles. The summed E-state index contributed by atoms with van der Waals surface area (Å²) in [6.07, 6.45) is 2.82. The number of hydrogen-bond acceptors (Lipinski definition) is 7. The molecule has 0 aromatic heterocycles. The fourth-order valence-electron chi connectivity index (χ4n) is 3.86. The van der Waals surface area contributed by atoms with Crippen LogP contribution in [-0.2, 0) is 20.7 Å². The maximum Gasteiger partial charge on any atom is 0.306 e. The third-order valence-corrected chi connectivity index (χ3v) is 5.59. The summed E-state index contributed by atoms with van der Waals surface area (Å²) < 4.78 is 16.2. The summed E-state index contributed by atoms with van der Waals surface area (Å²) in [5.41, 5.74) is 3.16. The Labute approximate surface area is 205 Å². The van der Waals surface area contributed by atoms with Crippen molar-refractivity contribution in [2.75, 3.05) is 44.8 Å². The van der Waals surface area contributed by atoms with Crippen LogP contribution in [0.5, 0.6) is 5.75 Å². The van der Waals surface area contributed by atoms with Gasteiger partial charge in [0.15, 0.2) is 0 Å². The van der Waals surface area contributed by atoms with E-state index in [1.807, 2.05) is 35.3 Å². The number of benzene rings is 2. The van der Waals surface area contributed by atoms with Gasteiger partial charge >= 0.3 is 5.97 Å². The lowest BCUT2D eigenvalue weighted by atomic mass is 9.93. The highest BCUT2D eigenvalue weighted by Crippen LogP contribution is 2.31. The van der Waals surface area contributed by atoms with E-state index in [1.165, 1.54) is 0 Å². The minimum absolute atomic E-state index is 0. The van der Waals surface area contributed by atoms with Crippen LogP contribution in [0.15, 0.2) is 47.6 Å². The van der Waals surface area contributed by atoms with Gasteiger partial charge in [-0.1, -0.05) is 12.1 Å². The lowest BCUT2D eigenvalue weighted by Crippen LogP contribution is -2.32. The molecule has 0 spiro atoms. The molecular weight excluding hydrogens is 458 g/mol. The normalized spacial score (nSPS) is 17.3. The van der Waals surface area contributed by atoms with Crippen LogP contribution in [0.3, 0.4) is 0 Å². The number of esters is 1. The van der Waals surface area contributed by atoms with Gasteiger partial charge in [-0.15, -0.1) is 12.4 Å². The van der Waals surface area contributed by atoms with E-state index in [-0.39, 0.29) is 30.2 Å². The molecule has 1 amide bonds. The second-order valence-corrected chi connectivity index (χ2v) is 8.10. The number of fused-ring (bicyclic) bond motifs is 1. The zero-order chi connectivity index (χ0) is 23.0. The van der Waals surface area contributed by atoms with E-state index in [9.17, 15) is 9.59 Å². The maximum atomic E-state index is 12.7. The number of hydrazone groups is 1. The zero-order valence-electron chi connectivity index (χ0n) is 19.2. The number of carbonyl (C=O) groups excluding carboxylic acids is 2. The Kier molecular flexibility index (Phi) is 9.30. The Bertz CT molecular complexity index is 1010. The molecule has 1 unspecified atom stereocenters. The summed E-state index contributed by atoms with van der Waals surface area (Å²) >= 11 is 0. The molecule has 1 N–H and O–H groups in total. The predicted octanol–water partition coefficient (Wildman–Crippen LogP) is 3.53. The van der Waals surface area contributed by atoms with E-state index < -0.39 is 0 Å². The van der Waals surface area contributed by atoms with Crippen molar-refractivity contribution in [2.24, 2.45) is 11.0 Å². The Balaban J connectivity index is 0.00000324. The first kappa shape index (κ1) is 25.5. The van der Waals surface area contributed by atoms with Gasteiger partial charge in [0.05, 0.1) is 52.2 Å². The third kappa shape index (κ3) is 6.95. The fraction of sp³-hybridized carbons (Fsp3) is 0.400. The van der Waals surface area contributed by atoms with E-state index in [0.29, 0.717) is 50.5 Å². The lowest BCUT2D eigenvalue weighted by molar-refractivity contribution is -0.144. The monoisotopic (exact) mass is 487 g/mol. The molecule has 2 aliphatic heterocycles. The SMILES string of the molecule is CCOC(=O)CC1COc2ccc(NC(=O)c3ccc(/C=N/N4CCOCC4)cc3)cc2C1.Cl. The van der Waals surface area contributed by atoms with Crippen LogP contribution in [0.2, 0.25) is 0 Å². The van der Waals surface area contributed by atoms with Crippen molar-refractivity contribution in [3.05, 3.63) is 59.2 Å². The molecule has 1 atom stereocenters. The van der Waals surface area contributed by atoms with Gasteiger partial charge in [0.1, 0.15) is 5.75 Å². The van der Waals surface area contributed by atoms with Crippen molar-refractivity contribution in [1.82, 2.24) is 5.01 Å². The Morgan fingerprint density at radius 2 is 1.94 bits per heavy atom. The molecular formula is C25H30ClN3O5. The molecule has 0 radical (unpaired) electrons. The van der Waals surface area contributed by atoms with Gasteiger partial charge in [0.25, 0.3) is 5.91 Å². The van der Waals surface area contributed by atoms with Gasteiger partial charge in [0, 0.05) is 17.2 Å². The van der Waals surface area contributed by atoms with E-state index in [1.54, 1.807) is 25.3 Å². The van der Waals surface area contributed by atoms with Crippen LogP contribution in [-0.4, -0.2) is 62.6 Å². The lowest BCUT2D eigenvalue weighted by Gasteiger charge is -2.25. The predicted molar refractivity (Wildman–Crippen MR) is 132 cm³/mol. The quantitative estimate of drug-likeness (QED) is 0.474. The third-order valence-electron chi connectivity index (χ3n) is 5.59. The molecule has 2 aliphatic rings. The Morgan fingerprint density at radius 3 is 2.68 bits per heavy atom. The summed E-state index contributed by atoms with van der Waals surface area (Å²) in [4.78, 5) is 24.5. The van der Waals surface area contributed by atoms with Crippen LogP contribution in [0.4, 0.5) is 5.69 Å². The topological polar surface area (TPSA) is 89.5 Å². The fourth-order valence-corrected chi connectivity index (χ4v) is 3.86. The molecule has 0 saturated carbocycles. The van der Waals surface area contributed by atoms with Crippen molar-refractivity contribution in [1.29, 1.82) is 0 Å². The van der Waals surface area contributed by atoms with E-state index in [2.05, 4.69) is 10.4 Å². The first-order chi connectivity index (χ1) is 16.1. The second kappa shape index (κ2) is 12.4.